The van der Waals surface area contributed by atoms with Gasteiger partial charge in [0.1, 0.15) is 16.7 Å². The van der Waals surface area contributed by atoms with Crippen molar-refractivity contribution in [3.8, 4) is 5.75 Å². The molecule has 2 N–H and O–H groups in total. The van der Waals surface area contributed by atoms with Crippen molar-refractivity contribution in [3.05, 3.63) is 54.9 Å². The van der Waals surface area contributed by atoms with Gasteiger partial charge in [-0.05, 0) is 31.2 Å². The number of rotatable bonds is 8. The number of piperidine rings is 1. The number of likely N-dealkylation sites (tertiary alicyclic amines) is 1. The van der Waals surface area contributed by atoms with E-state index in [2.05, 4.69) is 24.9 Å². The van der Waals surface area contributed by atoms with Gasteiger partial charge in [-0.15, -0.1) is 24.0 Å². The fourth-order valence-electron chi connectivity index (χ4n) is 3.23. The van der Waals surface area contributed by atoms with Crippen molar-refractivity contribution in [1.29, 1.82) is 0 Å². The Balaban J connectivity index is 0.00000341. The number of nitrogens with zero attached hydrogens (tertiary/aromatic N) is 3. The van der Waals surface area contributed by atoms with Crippen molar-refractivity contribution in [2.24, 2.45) is 4.99 Å². The van der Waals surface area contributed by atoms with Gasteiger partial charge in [0, 0.05) is 51.4 Å². The van der Waals surface area contributed by atoms with E-state index >= 15 is 0 Å². The lowest BCUT2D eigenvalue weighted by atomic mass is 10.1. The van der Waals surface area contributed by atoms with Gasteiger partial charge in [-0.1, -0.05) is 18.2 Å². The van der Waals surface area contributed by atoms with Crippen LogP contribution in [-0.4, -0.2) is 63.1 Å². The molecule has 31 heavy (non-hydrogen) atoms. The van der Waals surface area contributed by atoms with E-state index in [1.807, 2.05) is 37.3 Å². The molecule has 1 aromatic carbocycles. The monoisotopic (exact) mass is 559 g/mol. The van der Waals surface area contributed by atoms with Gasteiger partial charge in [0.05, 0.1) is 6.54 Å². The van der Waals surface area contributed by atoms with Crippen LogP contribution in [0.4, 0.5) is 0 Å². The molecular weight excluding hydrogens is 529 g/mol. The predicted molar refractivity (Wildman–Crippen MR) is 132 cm³/mol. The Morgan fingerprint density at radius 3 is 2.58 bits per heavy atom. The molecular formula is C21H30IN5O3S. The number of para-hydroxylation sites is 1. The molecule has 170 valence electrons. The molecule has 1 aliphatic heterocycles. The van der Waals surface area contributed by atoms with Crippen molar-refractivity contribution in [1.82, 2.24) is 19.9 Å². The van der Waals surface area contributed by atoms with E-state index in [9.17, 15) is 8.42 Å². The standard InChI is InChI=1S/C21H29N5O3S.HI/c1-2-23-21(24-13-14-25-30(27,28)20-9-6-12-22-17-20)26-15-10-19(11-16-26)29-18-7-4-3-5-8-18;/h3-9,12,17,19,25H,2,10-11,13-16H2,1H3,(H,23,24);1H. The number of ether oxygens (including phenoxy) is 1. The first-order valence-electron chi connectivity index (χ1n) is 10.2. The molecule has 1 aromatic heterocycles. The van der Waals surface area contributed by atoms with E-state index in [0.717, 1.165) is 44.2 Å². The van der Waals surface area contributed by atoms with Gasteiger partial charge >= 0.3 is 0 Å². The largest absolute Gasteiger partial charge is 0.490 e. The summed E-state index contributed by atoms with van der Waals surface area (Å²) in [5.74, 6) is 1.70. The van der Waals surface area contributed by atoms with E-state index in [1.165, 1.54) is 12.3 Å². The van der Waals surface area contributed by atoms with Gasteiger partial charge in [0.2, 0.25) is 10.0 Å². The van der Waals surface area contributed by atoms with Gasteiger partial charge in [-0.25, -0.2) is 13.1 Å². The molecule has 2 heterocycles. The third-order valence-electron chi connectivity index (χ3n) is 4.73. The van der Waals surface area contributed by atoms with E-state index in [-0.39, 0.29) is 41.5 Å². The van der Waals surface area contributed by atoms with Crippen molar-refractivity contribution in [2.75, 3.05) is 32.7 Å². The number of hydrogen-bond acceptors (Lipinski definition) is 5. The van der Waals surface area contributed by atoms with Crippen LogP contribution in [0.2, 0.25) is 0 Å². The number of aliphatic imine (C=N–C) groups is 1. The van der Waals surface area contributed by atoms with Crippen LogP contribution in [0, 0.1) is 0 Å². The molecule has 0 spiro atoms. The lowest BCUT2D eigenvalue weighted by molar-refractivity contribution is 0.129. The molecule has 0 unspecified atom stereocenters. The van der Waals surface area contributed by atoms with Crippen molar-refractivity contribution < 1.29 is 13.2 Å². The van der Waals surface area contributed by atoms with E-state index < -0.39 is 10.0 Å². The Morgan fingerprint density at radius 2 is 1.94 bits per heavy atom. The van der Waals surface area contributed by atoms with Crippen LogP contribution in [-0.2, 0) is 10.0 Å². The van der Waals surface area contributed by atoms with Crippen molar-refractivity contribution >= 4 is 40.0 Å². The summed E-state index contributed by atoms with van der Waals surface area (Å²) < 4.78 is 33.1. The van der Waals surface area contributed by atoms with E-state index in [0.29, 0.717) is 6.54 Å². The van der Waals surface area contributed by atoms with Gasteiger partial charge in [-0.3, -0.25) is 9.98 Å². The highest BCUT2D eigenvalue weighted by atomic mass is 127. The Morgan fingerprint density at radius 1 is 1.19 bits per heavy atom. The van der Waals surface area contributed by atoms with Gasteiger partial charge in [0.25, 0.3) is 0 Å². The number of halogens is 1. The number of benzene rings is 1. The van der Waals surface area contributed by atoms with E-state index in [1.54, 1.807) is 12.3 Å². The molecule has 0 saturated carbocycles. The number of sulfonamides is 1. The van der Waals surface area contributed by atoms with Gasteiger partial charge < -0.3 is 15.0 Å². The third-order valence-corrected chi connectivity index (χ3v) is 6.18. The minimum atomic E-state index is -3.56. The quantitative estimate of drug-likeness (QED) is 0.224. The fourth-order valence-corrected chi connectivity index (χ4v) is 4.22. The van der Waals surface area contributed by atoms with Crippen molar-refractivity contribution in [2.45, 2.75) is 30.8 Å². The van der Waals surface area contributed by atoms with Crippen LogP contribution in [0.3, 0.4) is 0 Å². The van der Waals surface area contributed by atoms with Crippen LogP contribution in [0.25, 0.3) is 0 Å². The number of nitrogens with one attached hydrogen (secondary N) is 2. The Bertz CT molecular complexity index is 905. The number of guanidine groups is 1. The zero-order valence-corrected chi connectivity index (χ0v) is 20.8. The second-order valence-electron chi connectivity index (χ2n) is 6.94. The highest BCUT2D eigenvalue weighted by molar-refractivity contribution is 14.0. The van der Waals surface area contributed by atoms with Gasteiger partial charge in [-0.2, -0.15) is 0 Å². The molecule has 10 heteroatoms. The highest BCUT2D eigenvalue weighted by Crippen LogP contribution is 2.18. The Labute approximate surface area is 201 Å². The summed E-state index contributed by atoms with van der Waals surface area (Å²) in [6.45, 7) is 5.02. The normalized spacial score (nSPS) is 15.3. The highest BCUT2D eigenvalue weighted by Gasteiger charge is 2.22. The maximum absolute atomic E-state index is 12.3. The minimum absolute atomic E-state index is 0. The summed E-state index contributed by atoms with van der Waals surface area (Å²) in [4.78, 5) is 10.8. The zero-order chi connectivity index (χ0) is 21.2. The fraction of sp³-hybridized carbons (Fsp3) is 0.429. The van der Waals surface area contributed by atoms with Crippen LogP contribution in [0.5, 0.6) is 5.75 Å². The molecule has 1 saturated heterocycles. The molecule has 0 bridgehead atoms. The Kier molecular flexibility index (Phi) is 10.5. The topological polar surface area (TPSA) is 95.9 Å². The van der Waals surface area contributed by atoms with Crippen LogP contribution in [0.15, 0.2) is 64.7 Å². The van der Waals surface area contributed by atoms with Crippen molar-refractivity contribution in [3.63, 3.8) is 0 Å². The number of pyridine rings is 1. The summed E-state index contributed by atoms with van der Waals surface area (Å²) in [6, 6.07) is 13.0. The van der Waals surface area contributed by atoms with Gasteiger partial charge in [0.15, 0.2) is 5.96 Å². The van der Waals surface area contributed by atoms with Crippen LogP contribution < -0.4 is 14.8 Å². The summed E-state index contributed by atoms with van der Waals surface area (Å²) in [5.41, 5.74) is 0. The lowest BCUT2D eigenvalue weighted by Crippen LogP contribution is -2.47. The SMILES string of the molecule is CCNC(=NCCNS(=O)(=O)c1cccnc1)N1CCC(Oc2ccccc2)CC1.I. The smallest absolute Gasteiger partial charge is 0.242 e. The lowest BCUT2D eigenvalue weighted by Gasteiger charge is -2.34. The number of aromatic nitrogens is 1. The summed E-state index contributed by atoms with van der Waals surface area (Å²) >= 11 is 0. The number of hydrogen-bond donors (Lipinski definition) is 2. The van der Waals surface area contributed by atoms with E-state index in [4.69, 9.17) is 4.74 Å². The second kappa shape index (κ2) is 12.8. The minimum Gasteiger partial charge on any atom is -0.490 e. The molecule has 0 aliphatic carbocycles. The molecule has 0 amide bonds. The summed E-state index contributed by atoms with van der Waals surface area (Å²) in [5, 5.41) is 3.29. The first kappa shape index (κ1) is 25.3. The molecule has 0 radical (unpaired) electrons. The predicted octanol–water partition coefficient (Wildman–Crippen LogP) is 2.49. The average molecular weight is 559 g/mol. The Hall–Kier alpha value is -1.92. The molecule has 0 atom stereocenters. The maximum Gasteiger partial charge on any atom is 0.242 e. The average Bonchev–Trinajstić information content (AvgIpc) is 2.78. The molecule has 2 aromatic rings. The maximum atomic E-state index is 12.3. The molecule has 8 nitrogen and oxygen atoms in total. The first-order valence-corrected chi connectivity index (χ1v) is 11.7. The second-order valence-corrected chi connectivity index (χ2v) is 8.71. The zero-order valence-electron chi connectivity index (χ0n) is 17.6. The first-order chi connectivity index (χ1) is 14.6. The molecule has 1 aliphatic rings. The third kappa shape index (κ3) is 7.93. The molecule has 3 rings (SSSR count). The summed E-state index contributed by atoms with van der Waals surface area (Å²) in [6.07, 6.45) is 4.88. The van der Waals surface area contributed by atoms with Crippen LogP contribution >= 0.6 is 24.0 Å². The summed E-state index contributed by atoms with van der Waals surface area (Å²) in [7, 11) is -3.56. The molecule has 1 fully saturated rings. The van der Waals surface area contributed by atoms with Crippen LogP contribution in [0.1, 0.15) is 19.8 Å².